The van der Waals surface area contributed by atoms with Crippen molar-refractivity contribution in [2.24, 2.45) is 0 Å². The molecule has 1 fully saturated rings. The first-order chi connectivity index (χ1) is 11.1. The van der Waals surface area contributed by atoms with Gasteiger partial charge in [0.2, 0.25) is 0 Å². The van der Waals surface area contributed by atoms with Crippen LogP contribution < -0.4 is 4.74 Å². The van der Waals surface area contributed by atoms with Gasteiger partial charge in [0.1, 0.15) is 28.5 Å². The number of rotatable bonds is 0. The van der Waals surface area contributed by atoms with E-state index in [-0.39, 0.29) is 30.9 Å². The Balaban J connectivity index is 2.10. The number of fused-ring (bicyclic) bond motifs is 2. The lowest BCUT2D eigenvalue weighted by atomic mass is 9.84. The lowest BCUT2D eigenvalue weighted by Gasteiger charge is -2.39. The van der Waals surface area contributed by atoms with Gasteiger partial charge in [-0.15, -0.1) is 0 Å². The van der Waals surface area contributed by atoms with Crippen molar-refractivity contribution in [2.75, 3.05) is 13.2 Å². The molecule has 1 saturated heterocycles. The third-order valence-corrected chi connectivity index (χ3v) is 4.87. The molecule has 6 nitrogen and oxygen atoms in total. The fourth-order valence-electron chi connectivity index (χ4n) is 2.86. The van der Waals surface area contributed by atoms with Gasteiger partial charge in [0.05, 0.1) is 18.8 Å². The second-order valence-corrected chi connectivity index (χ2v) is 7.68. The Hall–Kier alpha value is -1.74. The topological polar surface area (TPSA) is 65.1 Å². The van der Waals surface area contributed by atoms with Crippen molar-refractivity contribution < 1.29 is 31.4 Å². The number of ether oxygens (including phenoxy) is 2. The van der Waals surface area contributed by atoms with E-state index in [4.69, 9.17) is 13.7 Å². The average Bonchev–Trinajstić information content (AvgIpc) is 2.73. The van der Waals surface area contributed by atoms with Crippen molar-refractivity contribution in [3.63, 3.8) is 0 Å². The standard InChI is InChI=1S/C15H17F2NO5S/c1-14(2,3)23-13(19)18-15(8-22-24(18)20)4-5-21-11-7-9(16)6-10(17)12(11)15/h6-7H,4-5,8H2,1-3H3/t15-,24?/m0/s1. The molecule has 2 aliphatic rings. The highest BCUT2D eigenvalue weighted by molar-refractivity contribution is 7.78. The molecule has 0 aromatic heterocycles. The number of benzene rings is 1. The Morgan fingerprint density at radius 3 is 2.75 bits per heavy atom. The Kier molecular flexibility index (Phi) is 4.03. The van der Waals surface area contributed by atoms with Crippen molar-refractivity contribution in [3.8, 4) is 5.75 Å². The van der Waals surface area contributed by atoms with Crippen LogP contribution in [0.3, 0.4) is 0 Å². The van der Waals surface area contributed by atoms with E-state index in [1.165, 1.54) is 0 Å². The Labute approximate surface area is 140 Å². The van der Waals surface area contributed by atoms with Crippen molar-refractivity contribution in [3.05, 3.63) is 29.3 Å². The summed E-state index contributed by atoms with van der Waals surface area (Å²) in [6, 6.07) is 1.73. The maximum atomic E-state index is 14.5. The van der Waals surface area contributed by atoms with Gasteiger partial charge >= 0.3 is 6.09 Å². The predicted molar refractivity (Wildman–Crippen MR) is 80.3 cm³/mol. The summed E-state index contributed by atoms with van der Waals surface area (Å²) in [6.45, 7) is 4.87. The van der Waals surface area contributed by atoms with E-state index < -0.39 is 40.1 Å². The van der Waals surface area contributed by atoms with Crippen LogP contribution in [0, 0.1) is 11.6 Å². The van der Waals surface area contributed by atoms with Gasteiger partial charge in [0.25, 0.3) is 11.3 Å². The van der Waals surface area contributed by atoms with Crippen LogP contribution in [-0.4, -0.2) is 33.4 Å². The molecule has 0 N–H and O–H groups in total. The quantitative estimate of drug-likeness (QED) is 0.711. The van der Waals surface area contributed by atoms with Crippen LogP contribution in [0.4, 0.5) is 13.6 Å². The van der Waals surface area contributed by atoms with E-state index in [1.54, 1.807) is 20.8 Å². The fourth-order valence-corrected chi connectivity index (χ4v) is 3.94. The van der Waals surface area contributed by atoms with Crippen LogP contribution in [0.5, 0.6) is 5.75 Å². The summed E-state index contributed by atoms with van der Waals surface area (Å²) < 4.78 is 56.8. The van der Waals surface area contributed by atoms with Crippen LogP contribution in [0.2, 0.25) is 0 Å². The Morgan fingerprint density at radius 2 is 2.08 bits per heavy atom. The van der Waals surface area contributed by atoms with E-state index in [0.717, 1.165) is 10.4 Å². The summed E-state index contributed by atoms with van der Waals surface area (Å²) in [5.74, 6) is -1.72. The summed E-state index contributed by atoms with van der Waals surface area (Å²) in [6.07, 6.45) is -0.747. The minimum Gasteiger partial charge on any atom is -0.493 e. The van der Waals surface area contributed by atoms with Gasteiger partial charge < -0.3 is 9.47 Å². The summed E-state index contributed by atoms with van der Waals surface area (Å²) in [7, 11) is 0. The van der Waals surface area contributed by atoms with Gasteiger partial charge in [-0.25, -0.2) is 17.8 Å². The normalized spacial score (nSPS) is 26.2. The molecule has 24 heavy (non-hydrogen) atoms. The molecule has 0 radical (unpaired) electrons. The molecule has 3 rings (SSSR count). The van der Waals surface area contributed by atoms with Crippen LogP contribution in [0.15, 0.2) is 12.1 Å². The minimum absolute atomic E-state index is 0.0326. The van der Waals surface area contributed by atoms with E-state index >= 15 is 0 Å². The molecule has 0 saturated carbocycles. The van der Waals surface area contributed by atoms with Crippen molar-refractivity contribution in [2.45, 2.75) is 38.3 Å². The first kappa shape index (κ1) is 17.1. The number of hydrogen-bond donors (Lipinski definition) is 0. The van der Waals surface area contributed by atoms with Gasteiger partial charge in [0, 0.05) is 18.6 Å². The van der Waals surface area contributed by atoms with Crippen molar-refractivity contribution in [1.29, 1.82) is 0 Å². The molecule has 1 spiro atoms. The average molecular weight is 361 g/mol. The van der Waals surface area contributed by atoms with Gasteiger partial charge in [-0.2, -0.15) is 4.31 Å². The van der Waals surface area contributed by atoms with Crippen molar-refractivity contribution in [1.82, 2.24) is 4.31 Å². The first-order valence-electron chi connectivity index (χ1n) is 7.35. The molecular weight excluding hydrogens is 344 g/mol. The van der Waals surface area contributed by atoms with Gasteiger partial charge in [-0.05, 0) is 20.8 Å². The minimum atomic E-state index is -2.14. The lowest BCUT2D eigenvalue weighted by Crippen LogP contribution is -2.51. The van der Waals surface area contributed by atoms with Crippen LogP contribution in [0.1, 0.15) is 32.8 Å². The number of nitrogens with zero attached hydrogens (tertiary/aromatic N) is 1. The van der Waals surface area contributed by atoms with E-state index in [1.807, 2.05) is 0 Å². The zero-order valence-corrected chi connectivity index (χ0v) is 14.2. The molecule has 2 aliphatic heterocycles. The first-order valence-corrected chi connectivity index (χ1v) is 8.38. The smallest absolute Gasteiger partial charge is 0.424 e. The molecule has 1 amide bonds. The molecule has 1 aromatic carbocycles. The molecule has 9 heteroatoms. The second kappa shape index (κ2) is 5.66. The number of hydrogen-bond acceptors (Lipinski definition) is 5. The molecule has 2 heterocycles. The summed E-state index contributed by atoms with van der Waals surface area (Å²) >= 11 is -2.14. The Bertz CT molecular complexity index is 721. The third-order valence-electron chi connectivity index (χ3n) is 3.75. The van der Waals surface area contributed by atoms with Crippen LogP contribution in [-0.2, 0) is 25.7 Å². The van der Waals surface area contributed by atoms with E-state index in [9.17, 15) is 17.8 Å². The number of amides is 1. The predicted octanol–water partition coefficient (Wildman–Crippen LogP) is 2.79. The molecular formula is C15H17F2NO5S. The van der Waals surface area contributed by atoms with Crippen LogP contribution in [0.25, 0.3) is 0 Å². The summed E-state index contributed by atoms with van der Waals surface area (Å²) in [5.41, 5.74) is -2.24. The third kappa shape index (κ3) is 2.75. The number of carbonyl (C=O) groups excluding carboxylic acids is 1. The zero-order chi connectivity index (χ0) is 17.7. The molecule has 1 aromatic rings. The summed E-state index contributed by atoms with van der Waals surface area (Å²) in [4.78, 5) is 12.5. The SMILES string of the molecule is CC(C)(C)OC(=O)N1S(=O)OC[C@]12CCOc1cc(F)cc(F)c12. The number of halogens is 2. The molecule has 0 aliphatic carbocycles. The van der Waals surface area contributed by atoms with Gasteiger partial charge in [0.15, 0.2) is 0 Å². The Morgan fingerprint density at radius 1 is 1.38 bits per heavy atom. The van der Waals surface area contributed by atoms with E-state index in [0.29, 0.717) is 6.07 Å². The summed E-state index contributed by atoms with van der Waals surface area (Å²) in [5, 5.41) is 0. The number of carbonyl (C=O) groups is 1. The zero-order valence-electron chi connectivity index (χ0n) is 13.4. The fraction of sp³-hybridized carbons (Fsp3) is 0.533. The van der Waals surface area contributed by atoms with Crippen molar-refractivity contribution >= 4 is 17.4 Å². The van der Waals surface area contributed by atoms with Gasteiger partial charge in [-0.1, -0.05) is 0 Å². The highest BCUT2D eigenvalue weighted by atomic mass is 32.2. The van der Waals surface area contributed by atoms with Gasteiger partial charge in [-0.3, -0.25) is 4.18 Å². The van der Waals surface area contributed by atoms with Crippen LogP contribution >= 0.6 is 0 Å². The maximum Gasteiger partial charge on any atom is 0.424 e. The molecule has 2 atom stereocenters. The lowest BCUT2D eigenvalue weighted by molar-refractivity contribution is 0.0171. The molecule has 1 unspecified atom stereocenters. The largest absolute Gasteiger partial charge is 0.493 e. The highest BCUT2D eigenvalue weighted by Crippen LogP contribution is 2.47. The maximum absolute atomic E-state index is 14.5. The monoisotopic (exact) mass is 361 g/mol. The second-order valence-electron chi connectivity index (χ2n) is 6.64. The van der Waals surface area contributed by atoms with E-state index in [2.05, 4.69) is 0 Å². The molecule has 132 valence electrons. The molecule has 0 bridgehead atoms. The highest BCUT2D eigenvalue weighted by Gasteiger charge is 2.56.